The third kappa shape index (κ3) is 5.34. The number of rotatable bonds is 10. The Kier molecular flexibility index (Phi) is 6.81. The van der Waals surface area contributed by atoms with Crippen molar-refractivity contribution < 1.29 is 0 Å². The summed E-state index contributed by atoms with van der Waals surface area (Å²) >= 11 is 0. The van der Waals surface area contributed by atoms with E-state index in [-0.39, 0.29) is 10.8 Å². The lowest BCUT2D eigenvalue weighted by Gasteiger charge is -2.44. The molecule has 124 valence electrons. The molecule has 0 saturated heterocycles. The largest absolute Gasteiger partial charge is 0.388 e. The first-order chi connectivity index (χ1) is 9.67. The second-order valence-corrected chi connectivity index (χ2v) is 8.79. The normalized spacial score (nSPS) is 16.9. The molecule has 0 amide bonds. The summed E-state index contributed by atoms with van der Waals surface area (Å²) in [4.78, 5) is 0. The highest BCUT2D eigenvalue weighted by Gasteiger charge is 2.38. The van der Waals surface area contributed by atoms with Gasteiger partial charge < -0.3 is 5.32 Å². The maximum Gasteiger partial charge on any atom is 0.0144 e. The van der Waals surface area contributed by atoms with E-state index in [1.807, 2.05) is 0 Å². The van der Waals surface area contributed by atoms with Gasteiger partial charge in [0, 0.05) is 17.7 Å². The van der Waals surface area contributed by atoms with Gasteiger partial charge in [0.15, 0.2) is 0 Å². The fraction of sp³-hybridized carbons (Fsp3) is 0.900. The smallest absolute Gasteiger partial charge is 0.0144 e. The molecule has 0 aromatic rings. The zero-order valence-electron chi connectivity index (χ0n) is 15.5. The second kappa shape index (κ2) is 7.70. The van der Waals surface area contributed by atoms with E-state index in [2.05, 4.69) is 53.4 Å². The van der Waals surface area contributed by atoms with Gasteiger partial charge in [-0.15, -0.1) is 0 Å². The van der Waals surface area contributed by atoms with Crippen LogP contribution in [-0.4, -0.2) is 6.54 Å². The summed E-state index contributed by atoms with van der Waals surface area (Å²) in [5, 5.41) is 3.63. The summed E-state index contributed by atoms with van der Waals surface area (Å²) in [6, 6.07) is 0. The van der Waals surface area contributed by atoms with Crippen LogP contribution in [0.25, 0.3) is 0 Å². The van der Waals surface area contributed by atoms with E-state index >= 15 is 0 Å². The molecule has 0 unspecified atom stereocenters. The molecular formula is C20H39N. The number of allylic oxidation sites excluding steroid dienone is 1. The molecule has 1 heteroatoms. The van der Waals surface area contributed by atoms with E-state index in [9.17, 15) is 0 Å². The standard InChI is InChI=1S/C20H39N/c1-16(2)13-14-19(4,5)20(6,7)17(3)21-15-9-12-18-10-8-11-18/h16,18,21H,3,8-15H2,1-2,4-7H3. The van der Waals surface area contributed by atoms with Crippen molar-refractivity contribution in [2.24, 2.45) is 22.7 Å². The Bertz CT molecular complexity index is 321. The molecule has 0 radical (unpaired) electrons. The first kappa shape index (κ1) is 18.6. The highest BCUT2D eigenvalue weighted by atomic mass is 14.9. The molecule has 0 spiro atoms. The van der Waals surface area contributed by atoms with E-state index in [0.29, 0.717) is 0 Å². The number of hydrogen-bond acceptors (Lipinski definition) is 1. The van der Waals surface area contributed by atoms with Gasteiger partial charge >= 0.3 is 0 Å². The summed E-state index contributed by atoms with van der Waals surface area (Å²) in [6.07, 6.45) is 9.65. The maximum absolute atomic E-state index is 4.36. The van der Waals surface area contributed by atoms with Crippen molar-refractivity contribution in [3.05, 3.63) is 12.3 Å². The molecular weight excluding hydrogens is 254 g/mol. The highest BCUT2D eigenvalue weighted by molar-refractivity contribution is 5.10. The Hall–Kier alpha value is -0.460. The molecule has 1 saturated carbocycles. The van der Waals surface area contributed by atoms with Crippen LogP contribution in [0.3, 0.4) is 0 Å². The van der Waals surface area contributed by atoms with Crippen LogP contribution in [0.5, 0.6) is 0 Å². The average molecular weight is 294 g/mol. The Morgan fingerprint density at radius 2 is 1.81 bits per heavy atom. The third-order valence-electron chi connectivity index (χ3n) is 6.15. The molecule has 0 aromatic carbocycles. The predicted octanol–water partition coefficient (Wildman–Crippen LogP) is 6.16. The minimum absolute atomic E-state index is 0.137. The van der Waals surface area contributed by atoms with Gasteiger partial charge in [-0.3, -0.25) is 0 Å². The Balaban J connectivity index is 2.37. The molecule has 0 aromatic heterocycles. The summed E-state index contributed by atoms with van der Waals surface area (Å²) in [7, 11) is 0. The van der Waals surface area contributed by atoms with Crippen LogP contribution in [-0.2, 0) is 0 Å². The van der Waals surface area contributed by atoms with E-state index in [1.54, 1.807) is 0 Å². The van der Waals surface area contributed by atoms with Crippen LogP contribution in [0.4, 0.5) is 0 Å². The summed E-state index contributed by atoms with van der Waals surface area (Å²) in [5.74, 6) is 1.80. The predicted molar refractivity (Wildman–Crippen MR) is 95.4 cm³/mol. The molecule has 0 bridgehead atoms. The number of hydrogen-bond donors (Lipinski definition) is 1. The van der Waals surface area contributed by atoms with Crippen molar-refractivity contribution in [3.8, 4) is 0 Å². The zero-order valence-corrected chi connectivity index (χ0v) is 15.5. The van der Waals surface area contributed by atoms with Gasteiger partial charge in [-0.2, -0.15) is 0 Å². The van der Waals surface area contributed by atoms with E-state index in [1.165, 1.54) is 50.6 Å². The summed E-state index contributed by atoms with van der Waals surface area (Å²) in [6.45, 7) is 19.6. The van der Waals surface area contributed by atoms with Crippen molar-refractivity contribution in [2.75, 3.05) is 6.54 Å². The van der Waals surface area contributed by atoms with Crippen LogP contribution in [0.15, 0.2) is 12.3 Å². The first-order valence-electron chi connectivity index (χ1n) is 9.10. The minimum Gasteiger partial charge on any atom is -0.388 e. The van der Waals surface area contributed by atoms with Crippen LogP contribution < -0.4 is 5.32 Å². The lowest BCUT2D eigenvalue weighted by atomic mass is 9.63. The molecule has 1 N–H and O–H groups in total. The molecule has 1 nitrogen and oxygen atoms in total. The van der Waals surface area contributed by atoms with Crippen molar-refractivity contribution in [2.45, 2.75) is 86.5 Å². The maximum atomic E-state index is 4.36. The molecule has 1 aliphatic carbocycles. The van der Waals surface area contributed by atoms with Crippen molar-refractivity contribution >= 4 is 0 Å². The van der Waals surface area contributed by atoms with Gasteiger partial charge in [-0.1, -0.05) is 73.8 Å². The molecule has 1 rings (SSSR count). The second-order valence-electron chi connectivity index (χ2n) is 8.79. The first-order valence-corrected chi connectivity index (χ1v) is 9.10. The SMILES string of the molecule is C=C(NCCCC1CCC1)C(C)(C)C(C)(C)CCC(C)C. The molecule has 0 atom stereocenters. The van der Waals surface area contributed by atoms with Crippen molar-refractivity contribution in [3.63, 3.8) is 0 Å². The Morgan fingerprint density at radius 1 is 1.19 bits per heavy atom. The quantitative estimate of drug-likeness (QED) is 0.476. The van der Waals surface area contributed by atoms with E-state index in [0.717, 1.165) is 18.4 Å². The molecule has 1 aliphatic rings. The summed E-state index contributed by atoms with van der Waals surface area (Å²) in [5.41, 5.74) is 1.65. The van der Waals surface area contributed by atoms with Gasteiger partial charge in [0.1, 0.15) is 0 Å². The topological polar surface area (TPSA) is 12.0 Å². The zero-order chi connectivity index (χ0) is 16.1. The lowest BCUT2D eigenvalue weighted by molar-refractivity contribution is 0.121. The van der Waals surface area contributed by atoms with Gasteiger partial charge in [0.25, 0.3) is 0 Å². The monoisotopic (exact) mass is 293 g/mol. The van der Waals surface area contributed by atoms with Crippen LogP contribution in [0.2, 0.25) is 0 Å². The van der Waals surface area contributed by atoms with Crippen LogP contribution in [0, 0.1) is 22.7 Å². The molecule has 21 heavy (non-hydrogen) atoms. The third-order valence-corrected chi connectivity index (χ3v) is 6.15. The lowest BCUT2D eigenvalue weighted by Crippen LogP contribution is -2.39. The fourth-order valence-electron chi connectivity index (χ4n) is 3.00. The molecule has 0 heterocycles. The molecule has 1 fully saturated rings. The van der Waals surface area contributed by atoms with E-state index < -0.39 is 0 Å². The van der Waals surface area contributed by atoms with Crippen molar-refractivity contribution in [1.29, 1.82) is 0 Å². The van der Waals surface area contributed by atoms with E-state index in [4.69, 9.17) is 0 Å². The average Bonchev–Trinajstić information content (AvgIpc) is 2.33. The van der Waals surface area contributed by atoms with Gasteiger partial charge in [-0.05, 0) is 36.5 Å². The number of nitrogens with one attached hydrogen (secondary N) is 1. The fourth-order valence-corrected chi connectivity index (χ4v) is 3.00. The van der Waals surface area contributed by atoms with Crippen LogP contribution in [0.1, 0.15) is 86.5 Å². The Labute approximate surface area is 134 Å². The van der Waals surface area contributed by atoms with Crippen molar-refractivity contribution in [1.82, 2.24) is 5.32 Å². The Morgan fingerprint density at radius 3 is 2.29 bits per heavy atom. The highest BCUT2D eigenvalue weighted by Crippen LogP contribution is 2.46. The van der Waals surface area contributed by atoms with Gasteiger partial charge in [0.2, 0.25) is 0 Å². The van der Waals surface area contributed by atoms with Gasteiger partial charge in [0.05, 0.1) is 0 Å². The van der Waals surface area contributed by atoms with Gasteiger partial charge in [-0.25, -0.2) is 0 Å². The molecule has 0 aliphatic heterocycles. The minimum atomic E-state index is 0.137. The van der Waals surface area contributed by atoms with Crippen LogP contribution >= 0.6 is 0 Å². The summed E-state index contributed by atoms with van der Waals surface area (Å²) < 4.78 is 0.